The molecule has 0 aromatic heterocycles. The molecule has 102 valence electrons. The van der Waals surface area contributed by atoms with Crippen LogP contribution in [0.15, 0.2) is 0 Å². The van der Waals surface area contributed by atoms with Crippen molar-refractivity contribution in [2.75, 3.05) is 26.2 Å². The summed E-state index contributed by atoms with van der Waals surface area (Å²) in [7, 11) is 0. The second kappa shape index (κ2) is 3.86. The monoisotopic (exact) mass is 252 g/mol. The van der Waals surface area contributed by atoms with Crippen LogP contribution in [0.3, 0.4) is 0 Å². The molecule has 1 amide bonds. The molecule has 1 N–H and O–H groups in total. The van der Waals surface area contributed by atoms with Gasteiger partial charge in [0.2, 0.25) is 0 Å². The first-order chi connectivity index (χ1) is 8.37. The summed E-state index contributed by atoms with van der Waals surface area (Å²) in [5.74, 6) is 1.71. The van der Waals surface area contributed by atoms with E-state index in [1.807, 2.05) is 25.7 Å². The van der Waals surface area contributed by atoms with Crippen LogP contribution in [0.25, 0.3) is 0 Å². The number of fused-ring (bicyclic) bond motifs is 1. The minimum absolute atomic E-state index is 0.136. The molecule has 1 spiro atoms. The topological polar surface area (TPSA) is 41.6 Å². The smallest absolute Gasteiger partial charge is 0.410 e. The third kappa shape index (κ3) is 2.11. The molecular weight excluding hydrogens is 228 g/mol. The molecule has 3 rings (SSSR count). The Bertz CT molecular complexity index is 341. The maximum absolute atomic E-state index is 11.9. The van der Waals surface area contributed by atoms with E-state index in [4.69, 9.17) is 4.74 Å². The predicted molar refractivity (Wildman–Crippen MR) is 69.3 cm³/mol. The van der Waals surface area contributed by atoms with Gasteiger partial charge in [-0.15, -0.1) is 0 Å². The van der Waals surface area contributed by atoms with Gasteiger partial charge in [0, 0.05) is 18.5 Å². The van der Waals surface area contributed by atoms with Crippen molar-refractivity contribution in [1.29, 1.82) is 0 Å². The van der Waals surface area contributed by atoms with E-state index in [0.717, 1.165) is 24.9 Å². The standard InChI is InChI=1S/C14H24N2O2/c1-13(2,3)18-12(17)16-8-14(9-16)4-10-6-15-7-11(10)5-14/h10-11,15H,4-9H2,1-3H3. The van der Waals surface area contributed by atoms with Crippen LogP contribution < -0.4 is 5.32 Å². The van der Waals surface area contributed by atoms with Crippen molar-refractivity contribution in [3.05, 3.63) is 0 Å². The van der Waals surface area contributed by atoms with E-state index in [0.29, 0.717) is 5.41 Å². The molecule has 3 aliphatic rings. The summed E-state index contributed by atoms with van der Waals surface area (Å²) in [6.45, 7) is 9.95. The van der Waals surface area contributed by atoms with Crippen molar-refractivity contribution in [3.63, 3.8) is 0 Å². The number of ether oxygens (including phenoxy) is 1. The molecule has 0 radical (unpaired) electrons. The lowest BCUT2D eigenvalue weighted by atomic mass is 9.77. The second-order valence-corrected chi connectivity index (χ2v) is 7.42. The van der Waals surface area contributed by atoms with Gasteiger partial charge in [-0.25, -0.2) is 4.79 Å². The fourth-order valence-electron chi connectivity index (χ4n) is 3.94. The predicted octanol–water partition coefficient (Wildman–Crippen LogP) is 1.85. The minimum atomic E-state index is -0.379. The van der Waals surface area contributed by atoms with Crippen LogP contribution in [0.4, 0.5) is 4.79 Å². The quantitative estimate of drug-likeness (QED) is 0.715. The molecule has 2 heterocycles. The van der Waals surface area contributed by atoms with Crippen molar-refractivity contribution in [2.24, 2.45) is 17.3 Å². The zero-order valence-corrected chi connectivity index (χ0v) is 11.7. The average Bonchev–Trinajstić information content (AvgIpc) is 2.67. The number of hydrogen-bond donors (Lipinski definition) is 1. The number of likely N-dealkylation sites (tertiary alicyclic amines) is 1. The Labute approximate surface area is 109 Å². The number of carbonyl (C=O) groups excluding carboxylic acids is 1. The number of amides is 1. The van der Waals surface area contributed by atoms with Crippen LogP contribution in [0.5, 0.6) is 0 Å². The molecule has 1 saturated carbocycles. The van der Waals surface area contributed by atoms with Gasteiger partial charge in [-0.05, 0) is 58.5 Å². The lowest BCUT2D eigenvalue weighted by molar-refractivity contribution is -0.0346. The molecule has 1 aliphatic carbocycles. The first-order valence-corrected chi connectivity index (χ1v) is 7.06. The Morgan fingerprint density at radius 2 is 1.78 bits per heavy atom. The van der Waals surface area contributed by atoms with Gasteiger partial charge in [-0.3, -0.25) is 0 Å². The van der Waals surface area contributed by atoms with Gasteiger partial charge in [0.1, 0.15) is 5.60 Å². The summed E-state index contributed by atoms with van der Waals surface area (Å²) in [5.41, 5.74) is 0.0459. The summed E-state index contributed by atoms with van der Waals surface area (Å²) < 4.78 is 5.41. The lowest BCUT2D eigenvalue weighted by Gasteiger charge is -2.48. The molecule has 3 fully saturated rings. The maximum Gasteiger partial charge on any atom is 0.410 e. The van der Waals surface area contributed by atoms with E-state index in [2.05, 4.69) is 5.32 Å². The lowest BCUT2D eigenvalue weighted by Crippen LogP contribution is -2.58. The van der Waals surface area contributed by atoms with Crippen LogP contribution in [0.1, 0.15) is 33.6 Å². The van der Waals surface area contributed by atoms with Gasteiger partial charge >= 0.3 is 6.09 Å². The number of carbonyl (C=O) groups is 1. The molecular formula is C14H24N2O2. The number of nitrogens with zero attached hydrogens (tertiary/aromatic N) is 1. The third-order valence-electron chi connectivity index (χ3n) is 4.57. The van der Waals surface area contributed by atoms with E-state index >= 15 is 0 Å². The number of rotatable bonds is 0. The molecule has 4 heteroatoms. The van der Waals surface area contributed by atoms with Crippen LogP contribution in [-0.4, -0.2) is 42.8 Å². The van der Waals surface area contributed by atoms with Crippen molar-refractivity contribution < 1.29 is 9.53 Å². The van der Waals surface area contributed by atoms with Gasteiger partial charge in [0.05, 0.1) is 0 Å². The van der Waals surface area contributed by atoms with Gasteiger partial charge in [-0.2, -0.15) is 0 Å². The molecule has 0 bridgehead atoms. The van der Waals surface area contributed by atoms with Crippen LogP contribution >= 0.6 is 0 Å². The van der Waals surface area contributed by atoms with E-state index in [9.17, 15) is 4.79 Å². The summed E-state index contributed by atoms with van der Waals surface area (Å²) in [5, 5.41) is 3.47. The van der Waals surface area contributed by atoms with Gasteiger partial charge < -0.3 is 15.0 Å². The Morgan fingerprint density at radius 1 is 1.22 bits per heavy atom. The van der Waals surface area contributed by atoms with Crippen molar-refractivity contribution in [3.8, 4) is 0 Å². The highest BCUT2D eigenvalue weighted by molar-refractivity contribution is 5.69. The number of hydrogen-bond acceptors (Lipinski definition) is 3. The summed E-state index contributed by atoms with van der Waals surface area (Å²) in [6.07, 6.45) is 2.46. The van der Waals surface area contributed by atoms with E-state index in [-0.39, 0.29) is 11.7 Å². The summed E-state index contributed by atoms with van der Waals surface area (Å²) >= 11 is 0. The third-order valence-corrected chi connectivity index (χ3v) is 4.57. The fraction of sp³-hybridized carbons (Fsp3) is 0.929. The highest BCUT2D eigenvalue weighted by Crippen LogP contribution is 2.52. The van der Waals surface area contributed by atoms with Crippen molar-refractivity contribution >= 4 is 6.09 Å². The minimum Gasteiger partial charge on any atom is -0.444 e. The first kappa shape index (κ1) is 12.3. The Kier molecular flexibility index (Phi) is 2.63. The van der Waals surface area contributed by atoms with Gasteiger partial charge in [0.15, 0.2) is 0 Å². The van der Waals surface area contributed by atoms with E-state index < -0.39 is 0 Å². The zero-order chi connectivity index (χ0) is 13.0. The zero-order valence-electron chi connectivity index (χ0n) is 11.7. The Morgan fingerprint density at radius 3 is 2.28 bits per heavy atom. The Hall–Kier alpha value is -0.770. The highest BCUT2D eigenvalue weighted by atomic mass is 16.6. The van der Waals surface area contributed by atoms with Gasteiger partial charge in [0.25, 0.3) is 0 Å². The second-order valence-electron chi connectivity index (χ2n) is 7.42. The molecule has 0 aromatic rings. The molecule has 4 nitrogen and oxygen atoms in total. The normalized spacial score (nSPS) is 33.4. The van der Waals surface area contributed by atoms with Crippen molar-refractivity contribution in [2.45, 2.75) is 39.2 Å². The summed E-state index contributed by atoms with van der Waals surface area (Å²) in [6, 6.07) is 0. The summed E-state index contributed by atoms with van der Waals surface area (Å²) in [4.78, 5) is 13.8. The van der Waals surface area contributed by atoms with Crippen molar-refractivity contribution in [1.82, 2.24) is 10.2 Å². The molecule has 0 aromatic carbocycles. The first-order valence-electron chi connectivity index (χ1n) is 7.06. The maximum atomic E-state index is 11.9. The molecule has 2 unspecified atom stereocenters. The highest BCUT2D eigenvalue weighted by Gasteiger charge is 2.54. The molecule has 2 aliphatic heterocycles. The largest absolute Gasteiger partial charge is 0.444 e. The van der Waals surface area contributed by atoms with Crippen LogP contribution in [0.2, 0.25) is 0 Å². The Balaban J connectivity index is 1.53. The molecule has 2 atom stereocenters. The van der Waals surface area contributed by atoms with E-state index in [1.54, 1.807) is 0 Å². The van der Waals surface area contributed by atoms with Crippen LogP contribution in [0, 0.1) is 17.3 Å². The average molecular weight is 252 g/mol. The van der Waals surface area contributed by atoms with E-state index in [1.165, 1.54) is 25.9 Å². The number of nitrogens with one attached hydrogen (secondary N) is 1. The SMILES string of the molecule is CC(C)(C)OC(=O)N1CC2(CC3CNCC3C2)C1. The molecule has 2 saturated heterocycles. The molecule has 18 heavy (non-hydrogen) atoms. The van der Waals surface area contributed by atoms with Gasteiger partial charge in [-0.1, -0.05) is 0 Å². The fourth-order valence-corrected chi connectivity index (χ4v) is 3.94. The van der Waals surface area contributed by atoms with Crippen LogP contribution in [-0.2, 0) is 4.74 Å².